The first kappa shape index (κ1) is 13.4. The molecule has 3 rings (SSSR count). The molecule has 0 unspecified atom stereocenters. The minimum absolute atomic E-state index is 0.168. The Hall–Kier alpha value is -1.59. The van der Waals surface area contributed by atoms with Crippen molar-refractivity contribution in [1.29, 1.82) is 0 Å². The molecule has 0 aromatic carbocycles. The lowest BCUT2D eigenvalue weighted by molar-refractivity contribution is -0.384. The number of nitro groups is 1. The van der Waals surface area contributed by atoms with Gasteiger partial charge in [0.1, 0.15) is 5.69 Å². The van der Waals surface area contributed by atoms with E-state index in [2.05, 4.69) is 10.4 Å². The molecule has 20 heavy (non-hydrogen) atoms. The normalized spacial score (nSPS) is 19.9. The van der Waals surface area contributed by atoms with E-state index in [9.17, 15) is 10.1 Å². The van der Waals surface area contributed by atoms with Crippen molar-refractivity contribution in [3.05, 3.63) is 15.8 Å². The topological polar surface area (TPSA) is 73.0 Å². The summed E-state index contributed by atoms with van der Waals surface area (Å²) < 4.78 is 1.63. The quantitative estimate of drug-likeness (QED) is 0.615. The van der Waals surface area contributed by atoms with Gasteiger partial charge in [-0.3, -0.25) is 10.1 Å². The van der Waals surface area contributed by atoms with Crippen LogP contribution < -0.4 is 5.32 Å². The van der Waals surface area contributed by atoms with Crippen LogP contribution in [0.25, 0.3) is 0 Å². The van der Waals surface area contributed by atoms with E-state index >= 15 is 0 Å². The van der Waals surface area contributed by atoms with E-state index in [0.29, 0.717) is 23.3 Å². The Labute approximate surface area is 118 Å². The average Bonchev–Trinajstić information content (AvgIpc) is 3.25. The lowest BCUT2D eigenvalue weighted by Gasteiger charge is -2.15. The predicted molar refractivity (Wildman–Crippen MR) is 76.7 cm³/mol. The first-order valence-corrected chi connectivity index (χ1v) is 7.51. The molecule has 1 aromatic rings. The minimum Gasteiger partial charge on any atom is -0.364 e. The zero-order chi connectivity index (χ0) is 14.3. The highest BCUT2D eigenvalue weighted by atomic mass is 16.6. The summed E-state index contributed by atoms with van der Waals surface area (Å²) in [7, 11) is 1.78. The number of nitrogens with one attached hydrogen (secondary N) is 1. The van der Waals surface area contributed by atoms with Gasteiger partial charge in [-0.2, -0.15) is 5.10 Å². The Balaban J connectivity index is 1.79. The second-order valence-corrected chi connectivity index (χ2v) is 6.26. The van der Waals surface area contributed by atoms with Gasteiger partial charge in [0.25, 0.3) is 0 Å². The second-order valence-electron chi connectivity index (χ2n) is 6.26. The summed E-state index contributed by atoms with van der Waals surface area (Å²) in [4.78, 5) is 11.0. The molecule has 0 bridgehead atoms. The van der Waals surface area contributed by atoms with Crippen molar-refractivity contribution >= 4 is 11.5 Å². The molecule has 6 heteroatoms. The van der Waals surface area contributed by atoms with Gasteiger partial charge < -0.3 is 5.32 Å². The van der Waals surface area contributed by atoms with Gasteiger partial charge >= 0.3 is 5.69 Å². The molecule has 0 saturated heterocycles. The summed E-state index contributed by atoms with van der Waals surface area (Å²) >= 11 is 0. The number of rotatable bonds is 7. The fraction of sp³-hybridized carbons (Fsp3) is 0.786. The molecule has 0 atom stereocenters. The lowest BCUT2D eigenvalue weighted by atomic mass is 10.0. The Morgan fingerprint density at radius 1 is 1.50 bits per heavy atom. The Morgan fingerprint density at radius 3 is 2.70 bits per heavy atom. The summed E-state index contributed by atoms with van der Waals surface area (Å²) in [5.41, 5.74) is 1.18. The van der Waals surface area contributed by atoms with Crippen molar-refractivity contribution < 1.29 is 4.92 Å². The zero-order valence-corrected chi connectivity index (χ0v) is 12.2. The van der Waals surface area contributed by atoms with Gasteiger partial charge in [-0.05, 0) is 43.4 Å². The van der Waals surface area contributed by atoms with Crippen LogP contribution in [0.5, 0.6) is 0 Å². The van der Waals surface area contributed by atoms with E-state index in [-0.39, 0.29) is 10.6 Å². The Bertz CT molecular complexity index is 530. The minimum atomic E-state index is -0.295. The standard InChI is InChI=1S/C14H22N4O2/c1-3-4-11-12(18(19)20)13(17(2)16-11)15-9-14(7-8-14)10-5-6-10/h10,15H,3-9H2,1-2H3. The Morgan fingerprint density at radius 2 is 2.20 bits per heavy atom. The van der Waals surface area contributed by atoms with Crippen molar-refractivity contribution in [2.45, 2.75) is 45.4 Å². The molecule has 2 saturated carbocycles. The van der Waals surface area contributed by atoms with Gasteiger partial charge in [-0.15, -0.1) is 0 Å². The average molecular weight is 278 g/mol. The second kappa shape index (κ2) is 4.75. The van der Waals surface area contributed by atoms with Gasteiger partial charge in [0.2, 0.25) is 5.82 Å². The number of aromatic nitrogens is 2. The van der Waals surface area contributed by atoms with E-state index in [1.54, 1.807) is 11.7 Å². The van der Waals surface area contributed by atoms with Gasteiger partial charge in [-0.1, -0.05) is 13.3 Å². The zero-order valence-electron chi connectivity index (χ0n) is 12.2. The third-order valence-electron chi connectivity index (χ3n) is 4.70. The molecule has 0 aliphatic heterocycles. The maximum Gasteiger partial charge on any atom is 0.333 e. The van der Waals surface area contributed by atoms with Crippen molar-refractivity contribution in [2.75, 3.05) is 11.9 Å². The van der Waals surface area contributed by atoms with Crippen molar-refractivity contribution in [3.63, 3.8) is 0 Å². The summed E-state index contributed by atoms with van der Waals surface area (Å²) in [6.07, 6.45) is 6.70. The number of nitrogens with zero attached hydrogens (tertiary/aromatic N) is 3. The third kappa shape index (κ3) is 2.27. The number of anilines is 1. The lowest BCUT2D eigenvalue weighted by Crippen LogP contribution is -2.19. The SMILES string of the molecule is CCCc1nn(C)c(NCC2(C3CC3)CC2)c1[N+](=O)[O-]. The van der Waals surface area contributed by atoms with Gasteiger partial charge in [0, 0.05) is 13.6 Å². The monoisotopic (exact) mass is 278 g/mol. The van der Waals surface area contributed by atoms with Crippen LogP contribution >= 0.6 is 0 Å². The van der Waals surface area contributed by atoms with Crippen molar-refractivity contribution in [1.82, 2.24) is 9.78 Å². The van der Waals surface area contributed by atoms with Crippen LogP contribution in [0.2, 0.25) is 0 Å². The largest absolute Gasteiger partial charge is 0.364 e. The number of hydrogen-bond donors (Lipinski definition) is 1. The highest BCUT2D eigenvalue weighted by Gasteiger charge is 2.53. The fourth-order valence-electron chi connectivity index (χ4n) is 3.21. The summed E-state index contributed by atoms with van der Waals surface area (Å²) in [6, 6.07) is 0. The highest BCUT2D eigenvalue weighted by Crippen LogP contribution is 2.61. The number of hydrogen-bond acceptors (Lipinski definition) is 4. The van der Waals surface area contributed by atoms with E-state index < -0.39 is 0 Å². The molecule has 0 amide bonds. The molecule has 1 aromatic heterocycles. The van der Waals surface area contributed by atoms with Crippen molar-refractivity contribution in [3.8, 4) is 0 Å². The van der Waals surface area contributed by atoms with E-state index in [4.69, 9.17) is 0 Å². The van der Waals surface area contributed by atoms with E-state index in [1.165, 1.54) is 25.7 Å². The van der Waals surface area contributed by atoms with Crippen LogP contribution in [-0.4, -0.2) is 21.2 Å². The van der Waals surface area contributed by atoms with Crippen LogP contribution in [0.1, 0.15) is 44.7 Å². The molecule has 6 nitrogen and oxygen atoms in total. The van der Waals surface area contributed by atoms with Crippen LogP contribution in [0.3, 0.4) is 0 Å². The highest BCUT2D eigenvalue weighted by molar-refractivity contribution is 5.60. The first-order chi connectivity index (χ1) is 9.57. The van der Waals surface area contributed by atoms with E-state index in [0.717, 1.165) is 18.9 Å². The maximum absolute atomic E-state index is 11.3. The smallest absolute Gasteiger partial charge is 0.333 e. The summed E-state index contributed by atoms with van der Waals surface area (Å²) in [6.45, 7) is 2.86. The molecule has 110 valence electrons. The molecule has 0 spiro atoms. The molecule has 2 fully saturated rings. The molecule has 1 heterocycles. The van der Waals surface area contributed by atoms with E-state index in [1.807, 2.05) is 6.92 Å². The van der Waals surface area contributed by atoms with Gasteiger partial charge in [-0.25, -0.2) is 4.68 Å². The summed E-state index contributed by atoms with van der Waals surface area (Å²) in [5, 5.41) is 19.0. The third-order valence-corrected chi connectivity index (χ3v) is 4.70. The summed E-state index contributed by atoms with van der Waals surface area (Å²) in [5.74, 6) is 1.42. The van der Waals surface area contributed by atoms with Gasteiger partial charge in [0.05, 0.1) is 4.92 Å². The van der Waals surface area contributed by atoms with Crippen LogP contribution in [0.15, 0.2) is 0 Å². The van der Waals surface area contributed by atoms with Gasteiger partial charge in [0.15, 0.2) is 0 Å². The Kier molecular flexibility index (Phi) is 3.18. The molecular formula is C14H22N4O2. The molecule has 2 aliphatic rings. The van der Waals surface area contributed by atoms with Crippen LogP contribution in [0, 0.1) is 21.4 Å². The number of aryl methyl sites for hydroxylation is 2. The van der Waals surface area contributed by atoms with Crippen LogP contribution in [-0.2, 0) is 13.5 Å². The predicted octanol–water partition coefficient (Wildman–Crippen LogP) is 2.88. The van der Waals surface area contributed by atoms with Crippen molar-refractivity contribution in [2.24, 2.45) is 18.4 Å². The van der Waals surface area contributed by atoms with Crippen LogP contribution in [0.4, 0.5) is 11.5 Å². The first-order valence-electron chi connectivity index (χ1n) is 7.51. The molecule has 2 aliphatic carbocycles. The maximum atomic E-state index is 11.3. The fourth-order valence-corrected chi connectivity index (χ4v) is 3.21. The molecule has 1 N–H and O–H groups in total. The molecular weight excluding hydrogens is 256 g/mol. The molecule has 0 radical (unpaired) electrons.